The number of rotatable bonds is 0. The topological polar surface area (TPSA) is 17.1 Å². The Balaban J connectivity index is 2.23. The van der Waals surface area contributed by atoms with Crippen molar-refractivity contribution in [2.45, 2.75) is 13.8 Å². The van der Waals surface area contributed by atoms with Crippen molar-refractivity contribution in [1.29, 1.82) is 0 Å². The number of ketones is 1. The van der Waals surface area contributed by atoms with Crippen LogP contribution in [0.3, 0.4) is 0 Å². The third-order valence-corrected chi connectivity index (χ3v) is 4.08. The summed E-state index contributed by atoms with van der Waals surface area (Å²) in [6, 6.07) is 16.6. The fraction of sp³-hybridized carbons (Fsp3) is 0.105. The van der Waals surface area contributed by atoms with Crippen molar-refractivity contribution in [3.8, 4) is 11.1 Å². The van der Waals surface area contributed by atoms with E-state index >= 15 is 0 Å². The van der Waals surface area contributed by atoms with Crippen molar-refractivity contribution in [3.05, 3.63) is 70.8 Å². The van der Waals surface area contributed by atoms with Crippen molar-refractivity contribution in [2.24, 2.45) is 0 Å². The first-order valence-electron chi connectivity index (χ1n) is 6.84. The van der Waals surface area contributed by atoms with Crippen LogP contribution < -0.4 is 0 Å². The molecule has 4 rings (SSSR count). The summed E-state index contributed by atoms with van der Waals surface area (Å²) < 4.78 is 0. The molecule has 1 aliphatic carbocycles. The van der Waals surface area contributed by atoms with Gasteiger partial charge in [0.25, 0.3) is 0 Å². The number of carbonyl (C=O) groups excluding carboxylic acids is 1. The van der Waals surface area contributed by atoms with Gasteiger partial charge in [-0.2, -0.15) is 0 Å². The lowest BCUT2D eigenvalue weighted by atomic mass is 9.81. The highest BCUT2D eigenvalue weighted by atomic mass is 16.1. The highest BCUT2D eigenvalue weighted by Crippen LogP contribution is 2.39. The Kier molecular flexibility index (Phi) is 2.17. The maximum absolute atomic E-state index is 12.8. The Morgan fingerprint density at radius 1 is 0.700 bits per heavy atom. The average Bonchev–Trinajstić information content (AvgIpc) is 2.44. The summed E-state index contributed by atoms with van der Waals surface area (Å²) in [6.45, 7) is 4.07. The highest BCUT2D eigenvalue weighted by Gasteiger charge is 2.25. The second kappa shape index (κ2) is 3.80. The van der Waals surface area contributed by atoms with Gasteiger partial charge in [-0.1, -0.05) is 42.0 Å². The van der Waals surface area contributed by atoms with Crippen molar-refractivity contribution in [1.82, 2.24) is 0 Å². The molecule has 1 heteroatoms. The number of hydrogen-bond donors (Lipinski definition) is 0. The first-order chi connectivity index (χ1) is 9.65. The van der Waals surface area contributed by atoms with E-state index in [0.717, 1.165) is 38.6 Å². The molecule has 0 fully saturated rings. The quantitative estimate of drug-likeness (QED) is 0.448. The number of fused-ring (bicyclic) bond motifs is 2. The van der Waals surface area contributed by atoms with Gasteiger partial charge in [-0.05, 0) is 48.1 Å². The van der Waals surface area contributed by atoms with E-state index in [-0.39, 0.29) is 5.78 Å². The Hall–Kier alpha value is -2.41. The first kappa shape index (κ1) is 11.4. The molecule has 0 unspecified atom stereocenters. The molecule has 0 amide bonds. The Labute approximate surface area is 117 Å². The summed E-state index contributed by atoms with van der Waals surface area (Å²) in [6.07, 6.45) is 0. The van der Waals surface area contributed by atoms with Crippen LogP contribution in [0.15, 0.2) is 48.5 Å². The van der Waals surface area contributed by atoms with Crippen LogP contribution in [0.2, 0.25) is 0 Å². The Morgan fingerprint density at radius 3 is 2.35 bits per heavy atom. The molecule has 0 saturated heterocycles. The van der Waals surface area contributed by atoms with Crippen molar-refractivity contribution in [3.63, 3.8) is 0 Å². The lowest BCUT2D eigenvalue weighted by Crippen LogP contribution is -2.10. The molecule has 20 heavy (non-hydrogen) atoms. The van der Waals surface area contributed by atoms with E-state index in [1.54, 1.807) is 0 Å². The van der Waals surface area contributed by atoms with E-state index < -0.39 is 0 Å². The van der Waals surface area contributed by atoms with Crippen LogP contribution in [0, 0.1) is 13.8 Å². The fourth-order valence-corrected chi connectivity index (χ4v) is 3.21. The summed E-state index contributed by atoms with van der Waals surface area (Å²) in [5, 5.41) is 2.25. The maximum atomic E-state index is 12.8. The van der Waals surface area contributed by atoms with Crippen LogP contribution in [-0.2, 0) is 0 Å². The van der Waals surface area contributed by atoms with Gasteiger partial charge in [0.15, 0.2) is 5.78 Å². The lowest BCUT2D eigenvalue weighted by Gasteiger charge is -2.20. The predicted molar refractivity (Wildman–Crippen MR) is 82.3 cm³/mol. The molecule has 0 spiro atoms. The molecule has 0 atom stereocenters. The molecule has 0 aliphatic heterocycles. The van der Waals surface area contributed by atoms with Gasteiger partial charge in [0.05, 0.1) is 0 Å². The number of benzene rings is 3. The molecule has 96 valence electrons. The summed E-state index contributed by atoms with van der Waals surface area (Å²) in [7, 11) is 0. The van der Waals surface area contributed by atoms with Crippen LogP contribution >= 0.6 is 0 Å². The molecule has 0 radical (unpaired) electrons. The monoisotopic (exact) mass is 258 g/mol. The van der Waals surface area contributed by atoms with Gasteiger partial charge >= 0.3 is 0 Å². The van der Waals surface area contributed by atoms with E-state index in [1.807, 2.05) is 26.0 Å². The van der Waals surface area contributed by atoms with E-state index in [4.69, 9.17) is 0 Å². The van der Waals surface area contributed by atoms with Gasteiger partial charge < -0.3 is 0 Å². The minimum Gasteiger partial charge on any atom is -0.289 e. The molecule has 0 saturated carbocycles. The van der Waals surface area contributed by atoms with Crippen LogP contribution in [0.25, 0.3) is 21.9 Å². The van der Waals surface area contributed by atoms with Gasteiger partial charge in [0.1, 0.15) is 0 Å². The first-order valence-corrected chi connectivity index (χ1v) is 6.84. The van der Waals surface area contributed by atoms with Gasteiger partial charge in [-0.3, -0.25) is 4.79 Å². The minimum atomic E-state index is 0.149. The van der Waals surface area contributed by atoms with E-state index in [1.165, 1.54) is 5.56 Å². The molecule has 0 heterocycles. The molecule has 0 N–H and O–H groups in total. The van der Waals surface area contributed by atoms with Crippen LogP contribution in [0.4, 0.5) is 0 Å². The lowest BCUT2D eigenvalue weighted by molar-refractivity contribution is 0.104. The van der Waals surface area contributed by atoms with Gasteiger partial charge in [-0.25, -0.2) is 0 Å². The third-order valence-electron chi connectivity index (χ3n) is 4.08. The summed E-state index contributed by atoms with van der Waals surface area (Å²) in [4.78, 5) is 12.8. The predicted octanol–water partition coefficient (Wildman–Crippen LogP) is 4.67. The molecule has 1 aliphatic rings. The van der Waals surface area contributed by atoms with Crippen molar-refractivity contribution >= 4 is 16.6 Å². The van der Waals surface area contributed by atoms with Crippen molar-refractivity contribution in [2.75, 3.05) is 0 Å². The minimum absolute atomic E-state index is 0.149. The normalized spacial score (nSPS) is 12.6. The van der Waals surface area contributed by atoms with Gasteiger partial charge in [-0.15, -0.1) is 0 Å². The van der Waals surface area contributed by atoms with E-state index in [0.29, 0.717) is 0 Å². The average molecular weight is 258 g/mol. The summed E-state index contributed by atoms with van der Waals surface area (Å²) >= 11 is 0. The second-order valence-corrected chi connectivity index (χ2v) is 5.59. The van der Waals surface area contributed by atoms with E-state index in [9.17, 15) is 4.79 Å². The molecule has 3 aromatic carbocycles. The summed E-state index contributed by atoms with van der Waals surface area (Å²) in [5.41, 5.74) is 6.16. The standard InChI is InChI=1S/C19H14O/c1-11-6-7-14-15-5-3-4-13-8-12(2)10-17(18(13)15)19(20)16(14)9-11/h3-10H,1-2H3. The molecule has 1 nitrogen and oxygen atoms in total. The zero-order chi connectivity index (χ0) is 13.9. The highest BCUT2D eigenvalue weighted by molar-refractivity contribution is 6.26. The van der Waals surface area contributed by atoms with E-state index in [2.05, 4.69) is 36.4 Å². The third kappa shape index (κ3) is 1.41. The molecule has 0 aromatic heterocycles. The zero-order valence-corrected chi connectivity index (χ0v) is 11.5. The van der Waals surface area contributed by atoms with Crippen LogP contribution in [-0.4, -0.2) is 5.78 Å². The van der Waals surface area contributed by atoms with Gasteiger partial charge in [0.2, 0.25) is 0 Å². The Morgan fingerprint density at radius 2 is 1.50 bits per heavy atom. The number of hydrogen-bond acceptors (Lipinski definition) is 1. The largest absolute Gasteiger partial charge is 0.289 e. The summed E-state index contributed by atoms with van der Waals surface area (Å²) in [5.74, 6) is 0.149. The van der Waals surface area contributed by atoms with Gasteiger partial charge in [0, 0.05) is 16.5 Å². The molecular formula is C19H14O. The van der Waals surface area contributed by atoms with Crippen LogP contribution in [0.5, 0.6) is 0 Å². The molecular weight excluding hydrogens is 244 g/mol. The number of aryl methyl sites for hydroxylation is 2. The maximum Gasteiger partial charge on any atom is 0.194 e. The zero-order valence-electron chi connectivity index (χ0n) is 11.5. The smallest absolute Gasteiger partial charge is 0.194 e. The Bertz CT molecular complexity index is 888. The molecule has 3 aromatic rings. The number of carbonyl (C=O) groups is 1. The van der Waals surface area contributed by atoms with Crippen LogP contribution in [0.1, 0.15) is 27.0 Å². The molecule has 0 bridgehead atoms. The SMILES string of the molecule is Cc1ccc2c(c1)C(=O)c1cc(C)cc3cccc-2c13. The van der Waals surface area contributed by atoms with Crippen molar-refractivity contribution < 1.29 is 4.79 Å². The second-order valence-electron chi connectivity index (χ2n) is 5.59. The fourth-order valence-electron chi connectivity index (χ4n) is 3.21.